The summed E-state index contributed by atoms with van der Waals surface area (Å²) in [6, 6.07) is 8.79. The number of carbonyl (C=O) groups is 1. The van der Waals surface area contributed by atoms with Crippen LogP contribution in [0.4, 0.5) is 5.82 Å². The summed E-state index contributed by atoms with van der Waals surface area (Å²) in [6.07, 6.45) is 1.59. The SMILES string of the molecule is CNc1cccc(C(=O)NCc2cccnn2)n1. The Morgan fingerprint density at radius 2 is 2.17 bits per heavy atom. The summed E-state index contributed by atoms with van der Waals surface area (Å²) in [5.74, 6) is 0.417. The fraction of sp³-hybridized carbons (Fsp3) is 0.167. The van der Waals surface area contributed by atoms with E-state index in [-0.39, 0.29) is 5.91 Å². The molecule has 0 aliphatic rings. The van der Waals surface area contributed by atoms with Gasteiger partial charge >= 0.3 is 0 Å². The van der Waals surface area contributed by atoms with Gasteiger partial charge in [0.15, 0.2) is 0 Å². The zero-order chi connectivity index (χ0) is 12.8. The van der Waals surface area contributed by atoms with Crippen molar-refractivity contribution in [3.63, 3.8) is 0 Å². The topological polar surface area (TPSA) is 79.8 Å². The Morgan fingerprint density at radius 1 is 1.28 bits per heavy atom. The van der Waals surface area contributed by atoms with Crippen molar-refractivity contribution < 1.29 is 4.79 Å². The Bertz CT molecular complexity index is 529. The van der Waals surface area contributed by atoms with Crippen molar-refractivity contribution in [1.82, 2.24) is 20.5 Å². The smallest absolute Gasteiger partial charge is 0.270 e. The van der Waals surface area contributed by atoms with E-state index in [1.54, 1.807) is 43.6 Å². The molecular formula is C12H13N5O. The highest BCUT2D eigenvalue weighted by atomic mass is 16.1. The maximum absolute atomic E-state index is 11.8. The molecule has 0 aliphatic heterocycles. The fourth-order valence-corrected chi connectivity index (χ4v) is 1.39. The third-order valence-electron chi connectivity index (χ3n) is 2.30. The molecule has 0 aromatic carbocycles. The molecule has 2 N–H and O–H groups in total. The molecule has 0 bridgehead atoms. The van der Waals surface area contributed by atoms with Crippen molar-refractivity contribution in [2.45, 2.75) is 6.54 Å². The zero-order valence-corrected chi connectivity index (χ0v) is 9.92. The molecule has 0 fully saturated rings. The van der Waals surface area contributed by atoms with Crippen LogP contribution < -0.4 is 10.6 Å². The van der Waals surface area contributed by atoms with Gasteiger partial charge in [-0.1, -0.05) is 6.07 Å². The number of amides is 1. The predicted octanol–water partition coefficient (Wildman–Crippen LogP) is 0.843. The van der Waals surface area contributed by atoms with Crippen molar-refractivity contribution in [1.29, 1.82) is 0 Å². The maximum Gasteiger partial charge on any atom is 0.270 e. The molecule has 0 radical (unpaired) electrons. The summed E-state index contributed by atoms with van der Waals surface area (Å²) in [6.45, 7) is 0.331. The summed E-state index contributed by atoms with van der Waals surface area (Å²) in [7, 11) is 1.75. The summed E-state index contributed by atoms with van der Waals surface area (Å²) < 4.78 is 0. The molecule has 2 aromatic heterocycles. The van der Waals surface area contributed by atoms with Gasteiger partial charge in [-0.2, -0.15) is 10.2 Å². The summed E-state index contributed by atoms with van der Waals surface area (Å²) in [5.41, 5.74) is 1.07. The monoisotopic (exact) mass is 243 g/mol. The minimum atomic E-state index is -0.238. The van der Waals surface area contributed by atoms with Gasteiger partial charge in [0.05, 0.1) is 12.2 Å². The third kappa shape index (κ3) is 3.00. The van der Waals surface area contributed by atoms with Gasteiger partial charge in [0.25, 0.3) is 5.91 Å². The third-order valence-corrected chi connectivity index (χ3v) is 2.30. The molecule has 0 spiro atoms. The summed E-state index contributed by atoms with van der Waals surface area (Å²) in [4.78, 5) is 16.0. The molecular weight excluding hydrogens is 230 g/mol. The van der Waals surface area contributed by atoms with E-state index < -0.39 is 0 Å². The van der Waals surface area contributed by atoms with Crippen molar-refractivity contribution in [2.24, 2.45) is 0 Å². The van der Waals surface area contributed by atoms with Gasteiger partial charge in [-0.05, 0) is 24.3 Å². The number of carbonyl (C=O) groups excluding carboxylic acids is 1. The Kier molecular flexibility index (Phi) is 3.80. The normalized spacial score (nSPS) is 9.83. The second-order valence-electron chi connectivity index (χ2n) is 3.56. The number of nitrogens with zero attached hydrogens (tertiary/aromatic N) is 3. The lowest BCUT2D eigenvalue weighted by molar-refractivity contribution is 0.0945. The Morgan fingerprint density at radius 3 is 2.89 bits per heavy atom. The second kappa shape index (κ2) is 5.72. The lowest BCUT2D eigenvalue weighted by atomic mass is 10.3. The van der Waals surface area contributed by atoms with Crippen LogP contribution in [-0.2, 0) is 6.54 Å². The minimum Gasteiger partial charge on any atom is -0.373 e. The van der Waals surface area contributed by atoms with E-state index in [2.05, 4.69) is 25.8 Å². The van der Waals surface area contributed by atoms with Gasteiger partial charge in [0, 0.05) is 13.2 Å². The van der Waals surface area contributed by atoms with E-state index in [0.29, 0.717) is 23.8 Å². The highest BCUT2D eigenvalue weighted by molar-refractivity contribution is 5.92. The molecule has 0 saturated heterocycles. The molecule has 0 saturated carbocycles. The molecule has 92 valence electrons. The van der Waals surface area contributed by atoms with Crippen molar-refractivity contribution in [3.8, 4) is 0 Å². The van der Waals surface area contributed by atoms with E-state index in [1.807, 2.05) is 0 Å². The van der Waals surface area contributed by atoms with Gasteiger partial charge in [-0.15, -0.1) is 0 Å². The average Bonchev–Trinajstić information content (AvgIpc) is 2.46. The van der Waals surface area contributed by atoms with Crippen LogP contribution in [0.25, 0.3) is 0 Å². The first kappa shape index (κ1) is 12.0. The first-order valence-electron chi connectivity index (χ1n) is 5.49. The van der Waals surface area contributed by atoms with Gasteiger partial charge in [0.2, 0.25) is 0 Å². The van der Waals surface area contributed by atoms with Crippen LogP contribution in [0.15, 0.2) is 36.5 Å². The molecule has 0 aliphatic carbocycles. The van der Waals surface area contributed by atoms with E-state index in [1.165, 1.54) is 0 Å². The number of hydrogen-bond donors (Lipinski definition) is 2. The number of aromatic nitrogens is 3. The summed E-state index contributed by atoms with van der Waals surface area (Å²) >= 11 is 0. The number of nitrogens with one attached hydrogen (secondary N) is 2. The average molecular weight is 243 g/mol. The molecule has 2 heterocycles. The van der Waals surface area contributed by atoms with Crippen LogP contribution in [-0.4, -0.2) is 28.1 Å². The second-order valence-corrected chi connectivity index (χ2v) is 3.56. The van der Waals surface area contributed by atoms with Crippen LogP contribution in [0.1, 0.15) is 16.2 Å². The van der Waals surface area contributed by atoms with Gasteiger partial charge in [0.1, 0.15) is 11.5 Å². The predicted molar refractivity (Wildman–Crippen MR) is 67.0 cm³/mol. The van der Waals surface area contributed by atoms with E-state index in [0.717, 1.165) is 0 Å². The maximum atomic E-state index is 11.8. The quantitative estimate of drug-likeness (QED) is 0.832. The van der Waals surface area contributed by atoms with Crippen molar-refractivity contribution in [2.75, 3.05) is 12.4 Å². The molecule has 2 aromatic rings. The first-order chi connectivity index (χ1) is 8.79. The van der Waals surface area contributed by atoms with Crippen LogP contribution in [0.5, 0.6) is 0 Å². The molecule has 6 nitrogen and oxygen atoms in total. The first-order valence-corrected chi connectivity index (χ1v) is 5.49. The van der Waals surface area contributed by atoms with E-state index in [4.69, 9.17) is 0 Å². The Hall–Kier alpha value is -2.50. The molecule has 2 rings (SSSR count). The van der Waals surface area contributed by atoms with Crippen molar-refractivity contribution in [3.05, 3.63) is 47.9 Å². The fourth-order valence-electron chi connectivity index (χ4n) is 1.39. The highest BCUT2D eigenvalue weighted by Crippen LogP contribution is 2.03. The highest BCUT2D eigenvalue weighted by Gasteiger charge is 2.07. The van der Waals surface area contributed by atoms with Gasteiger partial charge in [-0.25, -0.2) is 4.98 Å². The van der Waals surface area contributed by atoms with E-state index >= 15 is 0 Å². The molecule has 6 heteroatoms. The minimum absolute atomic E-state index is 0.238. The number of pyridine rings is 1. The van der Waals surface area contributed by atoms with Gasteiger partial charge in [-0.3, -0.25) is 4.79 Å². The van der Waals surface area contributed by atoms with Crippen LogP contribution in [0.3, 0.4) is 0 Å². The van der Waals surface area contributed by atoms with Crippen LogP contribution in [0, 0.1) is 0 Å². The molecule has 1 amide bonds. The Balaban J connectivity index is 1.99. The lowest BCUT2D eigenvalue weighted by Gasteiger charge is -2.05. The largest absolute Gasteiger partial charge is 0.373 e. The summed E-state index contributed by atoms with van der Waals surface area (Å²) in [5, 5.41) is 13.2. The van der Waals surface area contributed by atoms with Crippen LogP contribution >= 0.6 is 0 Å². The zero-order valence-electron chi connectivity index (χ0n) is 9.92. The van der Waals surface area contributed by atoms with Gasteiger partial charge < -0.3 is 10.6 Å². The standard InChI is InChI=1S/C12H13N5O/c1-13-11-6-2-5-10(16-11)12(18)14-8-9-4-3-7-15-17-9/h2-7H,8H2,1H3,(H,13,16)(H,14,18). The van der Waals surface area contributed by atoms with Crippen LogP contribution in [0.2, 0.25) is 0 Å². The lowest BCUT2D eigenvalue weighted by Crippen LogP contribution is -2.24. The molecule has 0 unspecified atom stereocenters. The number of hydrogen-bond acceptors (Lipinski definition) is 5. The molecule has 0 atom stereocenters. The number of anilines is 1. The Labute approximate surface area is 104 Å². The molecule has 18 heavy (non-hydrogen) atoms. The number of rotatable bonds is 4. The van der Waals surface area contributed by atoms with Crippen molar-refractivity contribution >= 4 is 11.7 Å². The van der Waals surface area contributed by atoms with E-state index in [9.17, 15) is 4.79 Å².